The quantitative estimate of drug-likeness (QED) is 0.801. The third-order valence-corrected chi connectivity index (χ3v) is 3.36. The van der Waals surface area contributed by atoms with E-state index in [0.29, 0.717) is 16.7 Å². The van der Waals surface area contributed by atoms with E-state index in [2.05, 4.69) is 6.92 Å². The molecule has 0 spiro atoms. The van der Waals surface area contributed by atoms with Crippen molar-refractivity contribution in [1.82, 2.24) is 0 Å². The van der Waals surface area contributed by atoms with Crippen LogP contribution in [0.2, 0.25) is 10.0 Å². The third kappa shape index (κ3) is 2.21. The number of halogens is 2. The Kier molecular flexibility index (Phi) is 3.45. The van der Waals surface area contributed by atoms with Crippen LogP contribution in [0.1, 0.15) is 25.8 Å². The van der Waals surface area contributed by atoms with Crippen LogP contribution < -0.4 is 0 Å². The van der Waals surface area contributed by atoms with Crippen LogP contribution in [0.15, 0.2) is 18.2 Å². The maximum atomic E-state index is 6.15. The molecule has 1 aliphatic rings. The minimum atomic E-state index is -0.748. The van der Waals surface area contributed by atoms with E-state index in [4.69, 9.17) is 32.7 Å². The largest absolute Gasteiger partial charge is 0.343 e. The lowest BCUT2D eigenvalue weighted by Crippen LogP contribution is -2.24. The molecule has 0 bridgehead atoms. The van der Waals surface area contributed by atoms with Crippen LogP contribution in [0.25, 0.3) is 0 Å². The number of rotatable bonds is 2. The summed E-state index contributed by atoms with van der Waals surface area (Å²) in [6.07, 6.45) is 1.07. The van der Waals surface area contributed by atoms with Gasteiger partial charge in [0, 0.05) is 10.6 Å². The molecule has 1 aromatic carbocycles. The van der Waals surface area contributed by atoms with Crippen LogP contribution in [0, 0.1) is 0 Å². The van der Waals surface area contributed by atoms with E-state index in [9.17, 15) is 0 Å². The fraction of sp³-hybridized carbons (Fsp3) is 0.500. The van der Waals surface area contributed by atoms with E-state index in [1.165, 1.54) is 0 Å². The maximum Gasteiger partial charge on any atom is 0.193 e. The summed E-state index contributed by atoms with van der Waals surface area (Å²) in [5.74, 6) is -0.748. The Morgan fingerprint density at radius 2 is 2.19 bits per heavy atom. The molecular formula is C12H14Cl2O2. The number of ether oxygens (including phenoxy) is 2. The standard InChI is InChI=1S/C12H14Cl2O2/c1-3-9-7-15-12(2,16-9)10-5-4-8(13)6-11(10)14/h4-6,9H,3,7H2,1-2H3/t9-,12-/m0/s1. The lowest BCUT2D eigenvalue weighted by molar-refractivity contribution is -0.161. The number of hydrogen-bond donors (Lipinski definition) is 0. The molecule has 88 valence electrons. The van der Waals surface area contributed by atoms with Crippen LogP contribution in [-0.4, -0.2) is 12.7 Å². The summed E-state index contributed by atoms with van der Waals surface area (Å²) in [6, 6.07) is 5.35. The molecule has 1 saturated heterocycles. The zero-order valence-corrected chi connectivity index (χ0v) is 10.8. The van der Waals surface area contributed by atoms with Gasteiger partial charge in [-0.05, 0) is 25.5 Å². The van der Waals surface area contributed by atoms with Crippen LogP contribution in [0.3, 0.4) is 0 Å². The fourth-order valence-electron chi connectivity index (χ4n) is 1.84. The normalized spacial score (nSPS) is 29.6. The maximum absolute atomic E-state index is 6.15. The van der Waals surface area contributed by atoms with Crippen molar-refractivity contribution < 1.29 is 9.47 Å². The molecule has 0 aliphatic carbocycles. The van der Waals surface area contributed by atoms with Crippen LogP contribution in [0.4, 0.5) is 0 Å². The Labute approximate surface area is 105 Å². The van der Waals surface area contributed by atoms with Crippen molar-refractivity contribution in [2.75, 3.05) is 6.61 Å². The number of hydrogen-bond acceptors (Lipinski definition) is 2. The molecule has 1 aliphatic heterocycles. The molecule has 0 aromatic heterocycles. The second kappa shape index (κ2) is 4.53. The number of benzene rings is 1. The molecular weight excluding hydrogens is 247 g/mol. The van der Waals surface area contributed by atoms with Crippen molar-refractivity contribution >= 4 is 23.2 Å². The van der Waals surface area contributed by atoms with E-state index in [0.717, 1.165) is 12.0 Å². The van der Waals surface area contributed by atoms with Crippen molar-refractivity contribution in [3.05, 3.63) is 33.8 Å². The fourth-order valence-corrected chi connectivity index (χ4v) is 2.42. The van der Waals surface area contributed by atoms with E-state index in [1.54, 1.807) is 12.1 Å². The second-order valence-electron chi connectivity index (χ2n) is 4.03. The average molecular weight is 261 g/mol. The van der Waals surface area contributed by atoms with Crippen molar-refractivity contribution in [2.45, 2.75) is 32.2 Å². The minimum Gasteiger partial charge on any atom is -0.343 e. The molecule has 0 unspecified atom stereocenters. The highest BCUT2D eigenvalue weighted by Gasteiger charge is 2.39. The Balaban J connectivity index is 2.30. The second-order valence-corrected chi connectivity index (χ2v) is 4.87. The van der Waals surface area contributed by atoms with Gasteiger partial charge in [-0.15, -0.1) is 0 Å². The summed E-state index contributed by atoms with van der Waals surface area (Å²) in [5, 5.41) is 1.19. The molecule has 1 fully saturated rings. The van der Waals surface area contributed by atoms with Gasteiger partial charge in [0.05, 0.1) is 17.7 Å². The van der Waals surface area contributed by atoms with Gasteiger partial charge in [0.1, 0.15) is 0 Å². The first kappa shape index (κ1) is 12.2. The predicted molar refractivity (Wildman–Crippen MR) is 64.9 cm³/mol. The van der Waals surface area contributed by atoms with Crippen molar-refractivity contribution in [2.24, 2.45) is 0 Å². The molecule has 1 aromatic rings. The molecule has 2 atom stereocenters. The van der Waals surface area contributed by atoms with Gasteiger partial charge in [-0.1, -0.05) is 36.2 Å². The topological polar surface area (TPSA) is 18.5 Å². The van der Waals surface area contributed by atoms with E-state index in [1.807, 2.05) is 13.0 Å². The van der Waals surface area contributed by atoms with Crippen molar-refractivity contribution in [1.29, 1.82) is 0 Å². The third-order valence-electron chi connectivity index (χ3n) is 2.81. The SMILES string of the molecule is CC[C@H]1CO[C@](C)(c2ccc(Cl)cc2Cl)O1. The first-order valence-electron chi connectivity index (χ1n) is 5.32. The van der Waals surface area contributed by atoms with Crippen LogP contribution >= 0.6 is 23.2 Å². The van der Waals surface area contributed by atoms with Gasteiger partial charge in [-0.2, -0.15) is 0 Å². The Bertz CT molecular complexity index is 395. The van der Waals surface area contributed by atoms with Gasteiger partial charge in [-0.3, -0.25) is 0 Å². The first-order chi connectivity index (χ1) is 7.55. The zero-order chi connectivity index (χ0) is 11.8. The molecule has 1 heterocycles. The lowest BCUT2D eigenvalue weighted by atomic mass is 10.1. The molecule has 0 radical (unpaired) electrons. The monoisotopic (exact) mass is 260 g/mol. The summed E-state index contributed by atoms with van der Waals surface area (Å²) in [5.41, 5.74) is 0.828. The first-order valence-corrected chi connectivity index (χ1v) is 6.08. The lowest BCUT2D eigenvalue weighted by Gasteiger charge is -2.24. The van der Waals surface area contributed by atoms with Crippen molar-refractivity contribution in [3.63, 3.8) is 0 Å². The molecule has 2 rings (SSSR count). The van der Waals surface area contributed by atoms with Gasteiger partial charge in [0.25, 0.3) is 0 Å². The molecule has 0 amide bonds. The summed E-state index contributed by atoms with van der Waals surface area (Å²) >= 11 is 12.0. The Morgan fingerprint density at radius 3 is 2.75 bits per heavy atom. The molecule has 0 saturated carbocycles. The van der Waals surface area contributed by atoms with Crippen molar-refractivity contribution in [3.8, 4) is 0 Å². The predicted octanol–water partition coefficient (Wildman–Crippen LogP) is 3.99. The van der Waals surface area contributed by atoms with Crippen LogP contribution in [-0.2, 0) is 15.3 Å². The molecule has 0 N–H and O–H groups in total. The summed E-state index contributed by atoms with van der Waals surface area (Å²) in [7, 11) is 0. The highest BCUT2D eigenvalue weighted by molar-refractivity contribution is 6.35. The van der Waals surface area contributed by atoms with Gasteiger partial charge in [-0.25, -0.2) is 0 Å². The highest BCUT2D eigenvalue weighted by Crippen LogP contribution is 2.39. The zero-order valence-electron chi connectivity index (χ0n) is 9.30. The molecule has 16 heavy (non-hydrogen) atoms. The van der Waals surface area contributed by atoms with Crippen LogP contribution in [0.5, 0.6) is 0 Å². The van der Waals surface area contributed by atoms with E-state index >= 15 is 0 Å². The summed E-state index contributed by atoms with van der Waals surface area (Å²) in [6.45, 7) is 4.56. The van der Waals surface area contributed by atoms with E-state index in [-0.39, 0.29) is 6.10 Å². The average Bonchev–Trinajstić information content (AvgIpc) is 2.61. The van der Waals surface area contributed by atoms with E-state index < -0.39 is 5.79 Å². The summed E-state index contributed by atoms with van der Waals surface area (Å²) < 4.78 is 11.6. The van der Waals surface area contributed by atoms with Gasteiger partial charge >= 0.3 is 0 Å². The van der Waals surface area contributed by atoms with Gasteiger partial charge in [0.15, 0.2) is 5.79 Å². The van der Waals surface area contributed by atoms with Gasteiger partial charge in [0.2, 0.25) is 0 Å². The summed E-state index contributed by atoms with van der Waals surface area (Å²) in [4.78, 5) is 0. The highest BCUT2D eigenvalue weighted by atomic mass is 35.5. The van der Waals surface area contributed by atoms with Gasteiger partial charge < -0.3 is 9.47 Å². The molecule has 4 heteroatoms. The smallest absolute Gasteiger partial charge is 0.193 e. The molecule has 2 nitrogen and oxygen atoms in total. The Hall–Kier alpha value is -0.280. The Morgan fingerprint density at radius 1 is 1.44 bits per heavy atom. The minimum absolute atomic E-state index is 0.136.